The van der Waals surface area contributed by atoms with Crippen molar-refractivity contribution in [3.63, 3.8) is 0 Å². The van der Waals surface area contributed by atoms with Gasteiger partial charge in [0.1, 0.15) is 0 Å². The highest BCUT2D eigenvalue weighted by atomic mass is 32.1. The van der Waals surface area contributed by atoms with E-state index in [1.54, 1.807) is 23.6 Å². The minimum atomic E-state index is -0.183. The number of para-hydroxylation sites is 1. The van der Waals surface area contributed by atoms with Crippen LogP contribution in [-0.2, 0) is 0 Å². The van der Waals surface area contributed by atoms with E-state index >= 15 is 0 Å². The van der Waals surface area contributed by atoms with E-state index in [-0.39, 0.29) is 11.8 Å². The van der Waals surface area contributed by atoms with E-state index < -0.39 is 0 Å². The van der Waals surface area contributed by atoms with Crippen LogP contribution in [0.4, 0.5) is 5.69 Å². The van der Waals surface area contributed by atoms with Crippen molar-refractivity contribution in [1.29, 1.82) is 0 Å². The maximum absolute atomic E-state index is 13.0. The highest BCUT2D eigenvalue weighted by molar-refractivity contribution is 7.08. The van der Waals surface area contributed by atoms with Gasteiger partial charge in [-0.15, -0.1) is 0 Å². The molecular formula is C19H22N2O2S. The quantitative estimate of drug-likeness (QED) is 0.912. The lowest BCUT2D eigenvalue weighted by Crippen LogP contribution is -2.42. The molecule has 2 amide bonds. The summed E-state index contributed by atoms with van der Waals surface area (Å²) in [4.78, 5) is 27.2. The average Bonchev–Trinajstić information content (AvgIpc) is 3.08. The molecule has 5 heteroatoms. The van der Waals surface area contributed by atoms with Crippen molar-refractivity contribution in [2.75, 3.05) is 18.4 Å². The fourth-order valence-corrected chi connectivity index (χ4v) is 4.00. The largest absolute Gasteiger partial charge is 0.338 e. The van der Waals surface area contributed by atoms with Crippen LogP contribution in [0.15, 0.2) is 41.1 Å². The number of amides is 2. The van der Waals surface area contributed by atoms with Crippen LogP contribution in [0.25, 0.3) is 0 Å². The van der Waals surface area contributed by atoms with Gasteiger partial charge < -0.3 is 10.2 Å². The van der Waals surface area contributed by atoms with Crippen LogP contribution in [-0.4, -0.2) is 29.8 Å². The van der Waals surface area contributed by atoms with Crippen LogP contribution in [0.5, 0.6) is 0 Å². The molecule has 0 radical (unpaired) electrons. The van der Waals surface area contributed by atoms with Gasteiger partial charge in [-0.1, -0.05) is 26.0 Å². The normalized spacial score (nSPS) is 20.7. The molecule has 0 spiro atoms. The molecule has 2 unspecified atom stereocenters. The van der Waals surface area contributed by atoms with E-state index in [9.17, 15) is 9.59 Å². The molecule has 0 aliphatic carbocycles. The molecule has 0 saturated carbocycles. The Labute approximate surface area is 146 Å². The number of nitrogens with one attached hydrogen (secondary N) is 1. The first-order chi connectivity index (χ1) is 11.5. The minimum Gasteiger partial charge on any atom is -0.338 e. The summed E-state index contributed by atoms with van der Waals surface area (Å²) in [6, 6.07) is 9.02. The maximum atomic E-state index is 13.0. The number of carbonyl (C=O) groups excluding carboxylic acids is 2. The summed E-state index contributed by atoms with van der Waals surface area (Å²) in [5.74, 6) is 0.821. The number of hydrogen-bond acceptors (Lipinski definition) is 3. The van der Waals surface area contributed by atoms with E-state index in [0.717, 1.165) is 19.5 Å². The van der Waals surface area contributed by atoms with Gasteiger partial charge in [-0.3, -0.25) is 9.59 Å². The molecule has 1 aliphatic rings. The number of anilines is 1. The topological polar surface area (TPSA) is 49.4 Å². The first-order valence-electron chi connectivity index (χ1n) is 8.26. The van der Waals surface area contributed by atoms with E-state index in [0.29, 0.717) is 28.7 Å². The zero-order valence-electron chi connectivity index (χ0n) is 14.0. The van der Waals surface area contributed by atoms with Gasteiger partial charge >= 0.3 is 0 Å². The molecule has 2 aromatic rings. The van der Waals surface area contributed by atoms with Crippen LogP contribution >= 0.6 is 11.3 Å². The van der Waals surface area contributed by atoms with Gasteiger partial charge in [0.05, 0.1) is 16.8 Å². The Morgan fingerprint density at radius 2 is 1.83 bits per heavy atom. The summed E-state index contributed by atoms with van der Waals surface area (Å²) in [7, 11) is 0. The van der Waals surface area contributed by atoms with Gasteiger partial charge in [0.2, 0.25) is 0 Å². The highest BCUT2D eigenvalue weighted by Crippen LogP contribution is 2.25. The minimum absolute atomic E-state index is 0.00498. The summed E-state index contributed by atoms with van der Waals surface area (Å²) in [5.41, 5.74) is 1.74. The summed E-state index contributed by atoms with van der Waals surface area (Å²) >= 11 is 1.48. The first-order valence-corrected chi connectivity index (χ1v) is 9.20. The number of thiophene rings is 1. The van der Waals surface area contributed by atoms with Gasteiger partial charge in [-0.25, -0.2) is 0 Å². The molecule has 1 aliphatic heterocycles. The molecule has 24 heavy (non-hydrogen) atoms. The zero-order valence-corrected chi connectivity index (χ0v) is 14.8. The van der Waals surface area contributed by atoms with Crippen molar-refractivity contribution in [2.24, 2.45) is 11.8 Å². The van der Waals surface area contributed by atoms with Crippen molar-refractivity contribution in [3.8, 4) is 0 Å². The number of likely N-dealkylation sites (tertiary alicyclic amines) is 1. The van der Waals surface area contributed by atoms with Crippen LogP contribution < -0.4 is 5.32 Å². The number of rotatable bonds is 3. The average molecular weight is 342 g/mol. The Kier molecular flexibility index (Phi) is 5.00. The van der Waals surface area contributed by atoms with Crippen molar-refractivity contribution in [2.45, 2.75) is 20.3 Å². The lowest BCUT2D eigenvalue weighted by atomic mass is 9.91. The third kappa shape index (κ3) is 3.67. The second-order valence-corrected chi connectivity index (χ2v) is 7.45. The molecule has 4 nitrogen and oxygen atoms in total. The summed E-state index contributed by atoms with van der Waals surface area (Å²) in [6.45, 7) is 5.91. The van der Waals surface area contributed by atoms with Crippen molar-refractivity contribution < 1.29 is 9.59 Å². The molecule has 2 atom stereocenters. The number of piperidine rings is 1. The van der Waals surface area contributed by atoms with Crippen molar-refractivity contribution >= 4 is 28.8 Å². The zero-order chi connectivity index (χ0) is 17.1. The van der Waals surface area contributed by atoms with Crippen LogP contribution in [0.2, 0.25) is 0 Å². The molecule has 1 N–H and O–H groups in total. The molecule has 1 aromatic carbocycles. The lowest BCUT2D eigenvalue weighted by Gasteiger charge is -2.35. The summed E-state index contributed by atoms with van der Waals surface area (Å²) < 4.78 is 0. The summed E-state index contributed by atoms with van der Waals surface area (Å²) in [5, 5.41) is 6.54. The highest BCUT2D eigenvalue weighted by Gasteiger charge is 2.27. The molecule has 1 fully saturated rings. The Hall–Kier alpha value is -2.14. The maximum Gasteiger partial charge on any atom is 0.256 e. The first kappa shape index (κ1) is 16.7. The van der Waals surface area contributed by atoms with Gasteiger partial charge in [-0.05, 0) is 41.8 Å². The fourth-order valence-electron chi connectivity index (χ4n) is 3.37. The van der Waals surface area contributed by atoms with E-state index in [1.807, 2.05) is 22.4 Å². The number of benzene rings is 1. The SMILES string of the molecule is CC1CC(C)CN(C(=O)c2ccccc2NC(=O)c2ccsc2)C1. The van der Waals surface area contributed by atoms with Crippen LogP contribution in [0.3, 0.4) is 0 Å². The van der Waals surface area contributed by atoms with Gasteiger partial charge in [0.15, 0.2) is 0 Å². The predicted molar refractivity (Wildman–Crippen MR) is 97.6 cm³/mol. The van der Waals surface area contributed by atoms with Crippen molar-refractivity contribution in [3.05, 3.63) is 52.2 Å². The van der Waals surface area contributed by atoms with E-state index in [2.05, 4.69) is 19.2 Å². The van der Waals surface area contributed by atoms with Crippen molar-refractivity contribution in [1.82, 2.24) is 4.90 Å². The lowest BCUT2D eigenvalue weighted by molar-refractivity contribution is 0.0624. The van der Waals surface area contributed by atoms with Gasteiger partial charge in [0, 0.05) is 18.5 Å². The smallest absolute Gasteiger partial charge is 0.256 e. The van der Waals surface area contributed by atoms with Crippen LogP contribution in [0, 0.1) is 11.8 Å². The fraction of sp³-hybridized carbons (Fsp3) is 0.368. The van der Waals surface area contributed by atoms with Gasteiger partial charge in [-0.2, -0.15) is 11.3 Å². The second-order valence-electron chi connectivity index (χ2n) is 6.67. The third-order valence-electron chi connectivity index (χ3n) is 4.35. The second kappa shape index (κ2) is 7.18. The third-order valence-corrected chi connectivity index (χ3v) is 5.03. The standard InChI is InChI=1S/C19H22N2O2S/c1-13-9-14(2)11-21(10-13)19(23)16-5-3-4-6-17(16)20-18(22)15-7-8-24-12-15/h3-8,12-14H,9-11H2,1-2H3,(H,20,22). The number of nitrogens with zero attached hydrogens (tertiary/aromatic N) is 1. The monoisotopic (exact) mass is 342 g/mol. The van der Waals surface area contributed by atoms with E-state index in [4.69, 9.17) is 0 Å². The Morgan fingerprint density at radius 3 is 2.50 bits per heavy atom. The van der Waals surface area contributed by atoms with Crippen LogP contribution in [0.1, 0.15) is 41.0 Å². The predicted octanol–water partition coefficient (Wildman–Crippen LogP) is 4.12. The molecule has 0 bridgehead atoms. The Bertz CT molecular complexity index is 717. The molecular weight excluding hydrogens is 320 g/mol. The number of carbonyl (C=O) groups is 2. The molecule has 1 aromatic heterocycles. The molecule has 3 rings (SSSR count). The Balaban J connectivity index is 1.81. The Morgan fingerprint density at radius 1 is 1.12 bits per heavy atom. The molecule has 126 valence electrons. The molecule has 2 heterocycles. The summed E-state index contributed by atoms with van der Waals surface area (Å²) in [6.07, 6.45) is 1.15. The van der Waals surface area contributed by atoms with E-state index in [1.165, 1.54) is 11.3 Å². The van der Waals surface area contributed by atoms with Gasteiger partial charge in [0.25, 0.3) is 11.8 Å². The number of hydrogen-bond donors (Lipinski definition) is 1. The molecule has 1 saturated heterocycles.